The van der Waals surface area contributed by atoms with Gasteiger partial charge in [-0.1, -0.05) is 18.2 Å². The Morgan fingerprint density at radius 2 is 1.93 bits per heavy atom. The molecule has 0 aliphatic rings. The molecule has 3 N–H and O–H groups in total. The molecule has 0 aliphatic carbocycles. The van der Waals surface area contributed by atoms with E-state index in [1.165, 1.54) is 13.3 Å². The van der Waals surface area contributed by atoms with E-state index in [9.17, 15) is 9.59 Å². The summed E-state index contributed by atoms with van der Waals surface area (Å²) < 4.78 is 5.38. The smallest absolute Gasteiger partial charge is 0.257 e. The summed E-state index contributed by atoms with van der Waals surface area (Å²) in [4.78, 5) is 32.0. The molecule has 0 aliphatic heterocycles. The summed E-state index contributed by atoms with van der Waals surface area (Å²) in [5.74, 6) is 0.00334. The van der Waals surface area contributed by atoms with E-state index in [0.29, 0.717) is 22.7 Å². The normalized spacial score (nSPS) is 10.6. The zero-order valence-corrected chi connectivity index (χ0v) is 16.3. The first kappa shape index (κ1) is 19.2. The number of para-hydroxylation sites is 1. The van der Waals surface area contributed by atoms with Crippen LogP contribution in [0.25, 0.3) is 10.9 Å². The first-order valence-corrected chi connectivity index (χ1v) is 9.38. The van der Waals surface area contributed by atoms with Crippen LogP contribution in [0.15, 0.2) is 73.2 Å². The lowest BCUT2D eigenvalue weighted by molar-refractivity contribution is -0.115. The van der Waals surface area contributed by atoms with E-state index in [-0.39, 0.29) is 18.2 Å². The highest BCUT2D eigenvalue weighted by molar-refractivity contribution is 6.05. The van der Waals surface area contributed by atoms with Crippen LogP contribution < -0.4 is 15.4 Å². The summed E-state index contributed by atoms with van der Waals surface area (Å²) in [7, 11) is 1.51. The molecule has 0 radical (unpaired) electrons. The van der Waals surface area contributed by atoms with Gasteiger partial charge in [0.1, 0.15) is 5.75 Å². The van der Waals surface area contributed by atoms with E-state index in [2.05, 4.69) is 20.6 Å². The molecule has 4 rings (SSSR count). The maximum absolute atomic E-state index is 12.5. The second-order valence-corrected chi connectivity index (χ2v) is 6.70. The van der Waals surface area contributed by atoms with Gasteiger partial charge in [-0.25, -0.2) is 0 Å². The molecule has 4 aromatic rings. The summed E-state index contributed by atoms with van der Waals surface area (Å²) >= 11 is 0. The third kappa shape index (κ3) is 4.15. The standard InChI is InChI=1S/C23H20N4O3/c1-30-21-12-17(8-9-20(21)27-23(29)15-5-4-10-24-13-15)26-22(28)11-16-14-25-19-7-3-2-6-18(16)19/h2-10,12-14,25H,11H2,1H3,(H,26,28)(H,27,29). The highest BCUT2D eigenvalue weighted by atomic mass is 16.5. The largest absolute Gasteiger partial charge is 0.494 e. The molecule has 0 atom stereocenters. The maximum atomic E-state index is 12.5. The Morgan fingerprint density at radius 1 is 1.07 bits per heavy atom. The van der Waals surface area contributed by atoms with Gasteiger partial charge in [0.2, 0.25) is 5.91 Å². The minimum absolute atomic E-state index is 0.144. The van der Waals surface area contributed by atoms with Crippen LogP contribution in [-0.2, 0) is 11.2 Å². The molecule has 0 fully saturated rings. The molecular formula is C23H20N4O3. The summed E-state index contributed by atoms with van der Waals surface area (Å²) in [6.45, 7) is 0. The molecule has 0 bridgehead atoms. The number of fused-ring (bicyclic) bond motifs is 1. The van der Waals surface area contributed by atoms with E-state index in [4.69, 9.17) is 4.74 Å². The molecule has 2 aromatic heterocycles. The minimum atomic E-state index is -0.294. The lowest BCUT2D eigenvalue weighted by Crippen LogP contribution is -2.15. The Morgan fingerprint density at radius 3 is 2.73 bits per heavy atom. The first-order chi connectivity index (χ1) is 14.6. The van der Waals surface area contributed by atoms with Crippen LogP contribution in [0.5, 0.6) is 5.75 Å². The number of nitrogens with zero attached hydrogens (tertiary/aromatic N) is 1. The summed E-state index contributed by atoms with van der Waals surface area (Å²) in [5.41, 5.74) is 3.44. The number of carbonyl (C=O) groups is 2. The van der Waals surface area contributed by atoms with Crippen LogP contribution in [0.1, 0.15) is 15.9 Å². The van der Waals surface area contributed by atoms with Crippen molar-refractivity contribution in [3.05, 3.63) is 84.3 Å². The van der Waals surface area contributed by atoms with Crippen molar-refractivity contribution in [2.75, 3.05) is 17.7 Å². The van der Waals surface area contributed by atoms with Crippen LogP contribution in [-0.4, -0.2) is 28.9 Å². The van der Waals surface area contributed by atoms with Gasteiger partial charge in [0.15, 0.2) is 0 Å². The second kappa shape index (κ2) is 8.48. The molecule has 150 valence electrons. The predicted octanol–water partition coefficient (Wildman–Crippen LogP) is 4.01. The van der Waals surface area contributed by atoms with Gasteiger partial charge in [-0.2, -0.15) is 0 Å². The van der Waals surface area contributed by atoms with Crippen molar-refractivity contribution in [2.24, 2.45) is 0 Å². The van der Waals surface area contributed by atoms with Crippen molar-refractivity contribution in [1.29, 1.82) is 0 Å². The highest BCUT2D eigenvalue weighted by Crippen LogP contribution is 2.28. The summed E-state index contributed by atoms with van der Waals surface area (Å²) in [5, 5.41) is 6.70. The molecule has 0 spiro atoms. The van der Waals surface area contributed by atoms with Gasteiger partial charge in [0, 0.05) is 41.2 Å². The van der Waals surface area contributed by atoms with Crippen molar-refractivity contribution >= 4 is 34.1 Å². The lowest BCUT2D eigenvalue weighted by atomic mass is 10.1. The number of ether oxygens (including phenoxy) is 1. The Kier molecular flexibility index (Phi) is 5.43. The molecule has 7 heteroatoms. The Labute approximate surface area is 173 Å². The average Bonchev–Trinajstić information content (AvgIpc) is 3.18. The molecule has 0 saturated heterocycles. The number of benzene rings is 2. The van der Waals surface area contributed by atoms with E-state index in [1.54, 1.807) is 36.5 Å². The number of anilines is 2. The van der Waals surface area contributed by atoms with E-state index >= 15 is 0 Å². The zero-order valence-electron chi connectivity index (χ0n) is 16.3. The molecule has 7 nitrogen and oxygen atoms in total. The molecule has 30 heavy (non-hydrogen) atoms. The number of amides is 2. The number of aromatic amines is 1. The zero-order chi connectivity index (χ0) is 20.9. The highest BCUT2D eigenvalue weighted by Gasteiger charge is 2.13. The Bertz CT molecular complexity index is 1200. The van der Waals surface area contributed by atoms with Crippen LogP contribution >= 0.6 is 0 Å². The summed E-state index contributed by atoms with van der Waals surface area (Å²) in [6, 6.07) is 16.3. The third-order valence-electron chi connectivity index (χ3n) is 4.68. The maximum Gasteiger partial charge on any atom is 0.257 e. The third-order valence-corrected chi connectivity index (χ3v) is 4.68. The monoisotopic (exact) mass is 400 g/mol. The molecule has 0 unspecified atom stereocenters. The first-order valence-electron chi connectivity index (χ1n) is 9.38. The number of pyridine rings is 1. The van der Waals surface area contributed by atoms with Crippen LogP contribution in [0, 0.1) is 0 Å². The number of aromatic nitrogens is 2. The summed E-state index contributed by atoms with van der Waals surface area (Å²) in [6.07, 6.45) is 5.18. The minimum Gasteiger partial charge on any atom is -0.494 e. The van der Waals surface area contributed by atoms with Crippen LogP contribution in [0.3, 0.4) is 0 Å². The number of carbonyl (C=O) groups excluding carboxylic acids is 2. The predicted molar refractivity (Wildman–Crippen MR) is 116 cm³/mol. The molecule has 2 aromatic carbocycles. The SMILES string of the molecule is COc1cc(NC(=O)Cc2c[nH]c3ccccc23)ccc1NC(=O)c1cccnc1. The van der Waals surface area contributed by atoms with Gasteiger partial charge in [-0.05, 0) is 35.9 Å². The average molecular weight is 400 g/mol. The second-order valence-electron chi connectivity index (χ2n) is 6.70. The number of H-pyrrole nitrogens is 1. The van der Waals surface area contributed by atoms with Crippen LogP contribution in [0.2, 0.25) is 0 Å². The number of rotatable bonds is 6. The van der Waals surface area contributed by atoms with Gasteiger partial charge >= 0.3 is 0 Å². The number of hydrogen-bond acceptors (Lipinski definition) is 4. The number of methoxy groups -OCH3 is 1. The Hall–Kier alpha value is -4.13. The van der Waals surface area contributed by atoms with E-state index in [1.807, 2.05) is 30.5 Å². The van der Waals surface area contributed by atoms with Gasteiger partial charge < -0.3 is 20.4 Å². The molecule has 2 amide bonds. The topological polar surface area (TPSA) is 96.1 Å². The van der Waals surface area contributed by atoms with Crippen molar-refractivity contribution < 1.29 is 14.3 Å². The van der Waals surface area contributed by atoms with Crippen molar-refractivity contribution in [1.82, 2.24) is 9.97 Å². The molecule has 0 saturated carbocycles. The van der Waals surface area contributed by atoms with Gasteiger partial charge in [0.25, 0.3) is 5.91 Å². The van der Waals surface area contributed by atoms with E-state index < -0.39 is 0 Å². The number of nitrogens with one attached hydrogen (secondary N) is 3. The van der Waals surface area contributed by atoms with Crippen molar-refractivity contribution in [3.63, 3.8) is 0 Å². The fourth-order valence-corrected chi connectivity index (χ4v) is 3.22. The fourth-order valence-electron chi connectivity index (χ4n) is 3.22. The molecular weight excluding hydrogens is 380 g/mol. The van der Waals surface area contributed by atoms with Gasteiger partial charge in [0.05, 0.1) is 24.8 Å². The quantitative estimate of drug-likeness (QED) is 0.456. The number of hydrogen-bond donors (Lipinski definition) is 3. The lowest BCUT2D eigenvalue weighted by Gasteiger charge is -2.12. The van der Waals surface area contributed by atoms with Crippen molar-refractivity contribution in [2.45, 2.75) is 6.42 Å². The van der Waals surface area contributed by atoms with E-state index in [0.717, 1.165) is 16.5 Å². The molecule has 2 heterocycles. The van der Waals surface area contributed by atoms with Crippen molar-refractivity contribution in [3.8, 4) is 5.75 Å². The van der Waals surface area contributed by atoms with Crippen LogP contribution in [0.4, 0.5) is 11.4 Å². The van der Waals surface area contributed by atoms with Gasteiger partial charge in [-0.3, -0.25) is 14.6 Å². The Balaban J connectivity index is 1.46. The fraction of sp³-hybridized carbons (Fsp3) is 0.0870. The van der Waals surface area contributed by atoms with Gasteiger partial charge in [-0.15, -0.1) is 0 Å².